The molecule has 0 aliphatic carbocycles. The van der Waals surface area contributed by atoms with E-state index in [1.54, 1.807) is 0 Å². The molecule has 1 saturated heterocycles. The molecule has 0 radical (unpaired) electrons. The summed E-state index contributed by atoms with van der Waals surface area (Å²) in [6.45, 7) is 3.60. The summed E-state index contributed by atoms with van der Waals surface area (Å²) >= 11 is 0. The molecule has 6 heteroatoms. The van der Waals surface area contributed by atoms with E-state index in [0.717, 1.165) is 11.3 Å². The average molecular weight is 263 g/mol. The van der Waals surface area contributed by atoms with Gasteiger partial charge in [-0.05, 0) is 31.0 Å². The predicted molar refractivity (Wildman–Crippen MR) is 69.8 cm³/mol. The van der Waals surface area contributed by atoms with Crippen LogP contribution in [0.5, 0.6) is 5.75 Å². The lowest BCUT2D eigenvalue weighted by Crippen LogP contribution is -2.03. The standard InChI is InChI=1S/C13H17N3O3/c1-10-9-18-13(19-10)11-3-5-12(6-4-11)17-8-2-7-15-16-14/h3-6,10,13H,2,7-9H2,1H3. The van der Waals surface area contributed by atoms with E-state index in [9.17, 15) is 0 Å². The molecule has 1 aliphatic rings. The van der Waals surface area contributed by atoms with E-state index in [0.29, 0.717) is 26.2 Å². The Hall–Kier alpha value is -1.75. The molecular formula is C13H17N3O3. The van der Waals surface area contributed by atoms with Gasteiger partial charge in [-0.15, -0.1) is 0 Å². The third-order valence-corrected chi connectivity index (χ3v) is 2.72. The second kappa shape index (κ2) is 6.99. The van der Waals surface area contributed by atoms with Gasteiger partial charge >= 0.3 is 0 Å². The fourth-order valence-electron chi connectivity index (χ4n) is 1.78. The summed E-state index contributed by atoms with van der Waals surface area (Å²) in [5.74, 6) is 0.788. The summed E-state index contributed by atoms with van der Waals surface area (Å²) in [5, 5.41) is 3.44. The van der Waals surface area contributed by atoms with Gasteiger partial charge in [-0.1, -0.05) is 17.2 Å². The SMILES string of the molecule is CC1COC(c2ccc(OCCCN=[N+]=[N-])cc2)O1. The molecule has 19 heavy (non-hydrogen) atoms. The summed E-state index contributed by atoms with van der Waals surface area (Å²) < 4.78 is 16.6. The van der Waals surface area contributed by atoms with Gasteiger partial charge in [0.15, 0.2) is 6.29 Å². The average Bonchev–Trinajstić information content (AvgIpc) is 2.86. The first-order valence-electron chi connectivity index (χ1n) is 6.30. The largest absolute Gasteiger partial charge is 0.494 e. The van der Waals surface area contributed by atoms with Crippen LogP contribution in [0.3, 0.4) is 0 Å². The molecule has 0 aromatic heterocycles. The lowest BCUT2D eigenvalue weighted by Gasteiger charge is -2.11. The Morgan fingerprint density at radius 1 is 1.42 bits per heavy atom. The van der Waals surface area contributed by atoms with Crippen molar-refractivity contribution in [2.45, 2.75) is 25.7 Å². The number of ether oxygens (including phenoxy) is 3. The molecule has 0 amide bonds. The summed E-state index contributed by atoms with van der Waals surface area (Å²) in [6, 6.07) is 7.65. The molecule has 102 valence electrons. The van der Waals surface area contributed by atoms with E-state index < -0.39 is 0 Å². The Kier molecular flexibility index (Phi) is 5.03. The molecule has 0 saturated carbocycles. The minimum Gasteiger partial charge on any atom is -0.494 e. The number of rotatable bonds is 6. The van der Waals surface area contributed by atoms with E-state index in [1.807, 2.05) is 31.2 Å². The van der Waals surface area contributed by atoms with Crippen molar-refractivity contribution in [2.75, 3.05) is 19.8 Å². The number of hydrogen-bond donors (Lipinski definition) is 0. The molecule has 2 rings (SSSR count). The third kappa shape index (κ3) is 4.13. The molecule has 0 N–H and O–H groups in total. The maximum absolute atomic E-state index is 8.13. The van der Waals surface area contributed by atoms with Gasteiger partial charge in [0, 0.05) is 17.0 Å². The Balaban J connectivity index is 1.79. The molecule has 0 spiro atoms. The summed E-state index contributed by atoms with van der Waals surface area (Å²) in [6.07, 6.45) is 0.577. The van der Waals surface area contributed by atoms with Gasteiger partial charge in [-0.2, -0.15) is 0 Å². The van der Waals surface area contributed by atoms with E-state index >= 15 is 0 Å². The fourth-order valence-corrected chi connectivity index (χ4v) is 1.78. The van der Waals surface area contributed by atoms with Crippen LogP contribution in [-0.4, -0.2) is 25.9 Å². The molecule has 1 fully saturated rings. The number of benzene rings is 1. The fraction of sp³-hybridized carbons (Fsp3) is 0.538. The van der Waals surface area contributed by atoms with Crippen LogP contribution in [0, 0.1) is 0 Å². The number of azide groups is 1. The van der Waals surface area contributed by atoms with Gasteiger partial charge in [0.1, 0.15) is 5.75 Å². The van der Waals surface area contributed by atoms with Crippen LogP contribution in [-0.2, 0) is 9.47 Å². The van der Waals surface area contributed by atoms with Crippen LogP contribution in [0.1, 0.15) is 25.2 Å². The van der Waals surface area contributed by atoms with Gasteiger partial charge in [0.05, 0.1) is 19.3 Å². The van der Waals surface area contributed by atoms with Crippen molar-refractivity contribution in [3.8, 4) is 5.75 Å². The Morgan fingerprint density at radius 3 is 2.84 bits per heavy atom. The van der Waals surface area contributed by atoms with Crippen LogP contribution in [0.25, 0.3) is 10.4 Å². The first-order chi connectivity index (χ1) is 9.29. The summed E-state index contributed by atoms with van der Waals surface area (Å²) in [7, 11) is 0. The molecule has 6 nitrogen and oxygen atoms in total. The minimum atomic E-state index is -0.269. The minimum absolute atomic E-state index is 0.140. The summed E-state index contributed by atoms with van der Waals surface area (Å²) in [4.78, 5) is 2.68. The van der Waals surface area contributed by atoms with Crippen LogP contribution in [0.2, 0.25) is 0 Å². The maximum Gasteiger partial charge on any atom is 0.184 e. The zero-order valence-corrected chi connectivity index (χ0v) is 10.9. The van der Waals surface area contributed by atoms with Crippen molar-refractivity contribution in [1.29, 1.82) is 0 Å². The quantitative estimate of drug-likeness (QED) is 0.342. The van der Waals surface area contributed by atoms with Gasteiger partial charge in [0.25, 0.3) is 0 Å². The Morgan fingerprint density at radius 2 is 2.21 bits per heavy atom. The lowest BCUT2D eigenvalue weighted by molar-refractivity contribution is -0.0572. The van der Waals surface area contributed by atoms with Crippen LogP contribution >= 0.6 is 0 Å². The first-order valence-corrected chi connectivity index (χ1v) is 6.30. The monoisotopic (exact) mass is 263 g/mol. The maximum atomic E-state index is 8.13. The second-order valence-corrected chi connectivity index (χ2v) is 4.34. The molecule has 1 aromatic carbocycles. The molecule has 1 aliphatic heterocycles. The Labute approximate surface area is 111 Å². The lowest BCUT2D eigenvalue weighted by atomic mass is 10.2. The van der Waals surface area contributed by atoms with Crippen molar-refractivity contribution in [1.82, 2.24) is 0 Å². The van der Waals surface area contributed by atoms with Gasteiger partial charge in [-0.25, -0.2) is 0 Å². The van der Waals surface area contributed by atoms with Gasteiger partial charge in [-0.3, -0.25) is 0 Å². The van der Waals surface area contributed by atoms with Crippen LogP contribution in [0.4, 0.5) is 0 Å². The van der Waals surface area contributed by atoms with Gasteiger partial charge in [0.2, 0.25) is 0 Å². The van der Waals surface area contributed by atoms with E-state index in [2.05, 4.69) is 10.0 Å². The van der Waals surface area contributed by atoms with Gasteiger partial charge < -0.3 is 14.2 Å². The van der Waals surface area contributed by atoms with Crippen molar-refractivity contribution in [3.05, 3.63) is 40.3 Å². The van der Waals surface area contributed by atoms with Crippen molar-refractivity contribution in [2.24, 2.45) is 5.11 Å². The molecule has 0 bridgehead atoms. The van der Waals surface area contributed by atoms with E-state index in [1.165, 1.54) is 0 Å². The zero-order chi connectivity index (χ0) is 13.5. The number of nitrogens with zero attached hydrogens (tertiary/aromatic N) is 3. The normalized spacial score (nSPS) is 21.9. The molecule has 1 aromatic rings. The zero-order valence-electron chi connectivity index (χ0n) is 10.9. The topological polar surface area (TPSA) is 76.5 Å². The van der Waals surface area contributed by atoms with E-state index in [-0.39, 0.29) is 12.4 Å². The van der Waals surface area contributed by atoms with Crippen molar-refractivity contribution < 1.29 is 14.2 Å². The van der Waals surface area contributed by atoms with Crippen molar-refractivity contribution in [3.63, 3.8) is 0 Å². The summed E-state index contributed by atoms with van der Waals surface area (Å²) in [5.41, 5.74) is 9.12. The van der Waals surface area contributed by atoms with Crippen LogP contribution in [0.15, 0.2) is 29.4 Å². The molecule has 2 atom stereocenters. The highest BCUT2D eigenvalue weighted by Gasteiger charge is 2.23. The highest BCUT2D eigenvalue weighted by Crippen LogP contribution is 2.27. The first kappa shape index (κ1) is 13.7. The molecular weight excluding hydrogens is 246 g/mol. The predicted octanol–water partition coefficient (Wildman–Crippen LogP) is 3.20. The Bertz CT molecular complexity index is 443. The van der Waals surface area contributed by atoms with Crippen LogP contribution < -0.4 is 4.74 Å². The smallest absolute Gasteiger partial charge is 0.184 e. The molecule has 2 unspecified atom stereocenters. The highest BCUT2D eigenvalue weighted by atomic mass is 16.7. The molecule has 1 heterocycles. The second-order valence-electron chi connectivity index (χ2n) is 4.34. The third-order valence-electron chi connectivity index (χ3n) is 2.72. The highest BCUT2D eigenvalue weighted by molar-refractivity contribution is 5.28. The van der Waals surface area contributed by atoms with Crippen molar-refractivity contribution >= 4 is 0 Å². The van der Waals surface area contributed by atoms with E-state index in [4.69, 9.17) is 19.7 Å². The number of hydrogen-bond acceptors (Lipinski definition) is 4.